The smallest absolute Gasteiger partial charge is 0.226 e. The highest BCUT2D eigenvalue weighted by atomic mass is 35.5. The predicted molar refractivity (Wildman–Crippen MR) is 105 cm³/mol. The van der Waals surface area contributed by atoms with E-state index in [1.807, 2.05) is 26.8 Å². The molecule has 0 fully saturated rings. The molecule has 9 nitrogen and oxygen atoms in total. The van der Waals surface area contributed by atoms with E-state index in [2.05, 4.69) is 30.9 Å². The van der Waals surface area contributed by atoms with E-state index in [0.717, 1.165) is 5.69 Å². The van der Waals surface area contributed by atoms with E-state index in [0.29, 0.717) is 40.2 Å². The third kappa shape index (κ3) is 3.78. The second kappa shape index (κ2) is 7.30. The Morgan fingerprint density at radius 3 is 2.65 bits per heavy atom. The first-order chi connectivity index (χ1) is 12.3. The van der Waals surface area contributed by atoms with Crippen LogP contribution in [0.2, 0.25) is 5.02 Å². The van der Waals surface area contributed by atoms with E-state index in [1.165, 1.54) is 0 Å². The molecular formula is C16H22ClN9. The number of fused-ring (bicyclic) bond motifs is 1. The zero-order valence-electron chi connectivity index (χ0n) is 14.9. The molecule has 0 saturated heterocycles. The zero-order chi connectivity index (χ0) is 18.8. The fourth-order valence-electron chi connectivity index (χ4n) is 2.34. The molecule has 1 atom stereocenters. The number of halogens is 1. The number of nitrogens with one attached hydrogen (secondary N) is 2. The summed E-state index contributed by atoms with van der Waals surface area (Å²) >= 11 is 6.10. The fraction of sp³-hybridized carbons (Fsp3) is 0.375. The first kappa shape index (κ1) is 18.2. The van der Waals surface area contributed by atoms with Crippen LogP contribution >= 0.6 is 11.6 Å². The molecule has 138 valence electrons. The van der Waals surface area contributed by atoms with Gasteiger partial charge in [0.1, 0.15) is 0 Å². The molecule has 1 aromatic carbocycles. The lowest BCUT2D eigenvalue weighted by Gasteiger charge is -2.12. The maximum atomic E-state index is 6.10. The van der Waals surface area contributed by atoms with Crippen molar-refractivity contribution in [3.8, 4) is 0 Å². The minimum absolute atomic E-state index is 0.0326. The van der Waals surface area contributed by atoms with E-state index in [9.17, 15) is 0 Å². The van der Waals surface area contributed by atoms with Crippen LogP contribution in [0.15, 0.2) is 18.2 Å². The Kier molecular flexibility index (Phi) is 5.10. The quantitative estimate of drug-likeness (QED) is 0.483. The zero-order valence-corrected chi connectivity index (χ0v) is 15.6. The number of nitrogens with two attached hydrogens (primary N) is 2. The molecular weight excluding hydrogens is 354 g/mol. The maximum absolute atomic E-state index is 6.10. The van der Waals surface area contributed by atoms with Crippen LogP contribution in [-0.4, -0.2) is 37.5 Å². The van der Waals surface area contributed by atoms with Crippen LogP contribution in [0.5, 0.6) is 0 Å². The number of nitrogen functional groups attached to an aromatic ring is 1. The lowest BCUT2D eigenvalue weighted by atomic mass is 10.3. The molecule has 10 heteroatoms. The minimum atomic E-state index is -0.0326. The number of hydrogen-bond acceptors (Lipinski definition) is 8. The van der Waals surface area contributed by atoms with Crippen LogP contribution in [0, 0.1) is 0 Å². The average Bonchev–Trinajstić information content (AvgIpc) is 3.01. The van der Waals surface area contributed by atoms with Gasteiger partial charge in [-0.2, -0.15) is 9.97 Å². The van der Waals surface area contributed by atoms with Crippen LogP contribution in [0.3, 0.4) is 0 Å². The van der Waals surface area contributed by atoms with Gasteiger partial charge in [-0.25, -0.2) is 4.68 Å². The van der Waals surface area contributed by atoms with Gasteiger partial charge in [-0.3, -0.25) is 0 Å². The fourth-order valence-corrected chi connectivity index (χ4v) is 2.52. The number of rotatable bonds is 6. The number of hydrogen-bond donors (Lipinski definition) is 4. The van der Waals surface area contributed by atoms with Crippen molar-refractivity contribution in [1.82, 2.24) is 25.0 Å². The monoisotopic (exact) mass is 375 g/mol. The highest BCUT2D eigenvalue weighted by molar-refractivity contribution is 6.33. The molecule has 0 spiro atoms. The lowest BCUT2D eigenvalue weighted by Crippen LogP contribution is -2.26. The summed E-state index contributed by atoms with van der Waals surface area (Å²) in [6.45, 7) is 6.47. The second-order valence-electron chi connectivity index (χ2n) is 6.42. The van der Waals surface area contributed by atoms with Gasteiger partial charge in [0.05, 0.1) is 16.8 Å². The molecule has 2 aromatic heterocycles. The molecule has 1 unspecified atom stereocenters. The number of aromatic nitrogens is 5. The Labute approximate surface area is 156 Å². The van der Waals surface area contributed by atoms with Crippen LogP contribution in [0.25, 0.3) is 11.2 Å². The number of benzene rings is 1. The van der Waals surface area contributed by atoms with E-state index in [4.69, 9.17) is 23.1 Å². The standard InChI is InChI=1S/C16H22ClN9/c1-8(2)26-15-13(24-25-26)14(22-16(23-15)20-7-9(3)18)21-10-4-5-12(19)11(17)6-10/h4-6,8-9H,7,18-19H2,1-3H3,(H2,20,21,22,23). The third-order valence-electron chi connectivity index (χ3n) is 3.66. The van der Waals surface area contributed by atoms with Crippen molar-refractivity contribution in [3.63, 3.8) is 0 Å². The molecule has 0 aliphatic rings. The first-order valence-electron chi connectivity index (χ1n) is 8.29. The van der Waals surface area contributed by atoms with Gasteiger partial charge in [0, 0.05) is 18.3 Å². The van der Waals surface area contributed by atoms with Crippen molar-refractivity contribution in [2.75, 3.05) is 22.9 Å². The summed E-state index contributed by atoms with van der Waals surface area (Å²) in [5.41, 5.74) is 14.0. The first-order valence-corrected chi connectivity index (χ1v) is 8.67. The summed E-state index contributed by atoms with van der Waals surface area (Å²) in [5.74, 6) is 0.970. The molecule has 0 bridgehead atoms. The lowest BCUT2D eigenvalue weighted by molar-refractivity contribution is 0.526. The highest BCUT2D eigenvalue weighted by Crippen LogP contribution is 2.28. The van der Waals surface area contributed by atoms with Gasteiger partial charge in [-0.05, 0) is 39.0 Å². The maximum Gasteiger partial charge on any atom is 0.226 e. The Bertz CT molecular complexity index is 919. The van der Waals surface area contributed by atoms with Crippen molar-refractivity contribution < 1.29 is 0 Å². The summed E-state index contributed by atoms with van der Waals surface area (Å²) in [6.07, 6.45) is 0. The van der Waals surface area contributed by atoms with Crippen LogP contribution in [0.4, 0.5) is 23.1 Å². The minimum Gasteiger partial charge on any atom is -0.398 e. The van der Waals surface area contributed by atoms with Crippen molar-refractivity contribution >= 4 is 45.9 Å². The molecule has 6 N–H and O–H groups in total. The summed E-state index contributed by atoms with van der Waals surface area (Å²) < 4.78 is 1.75. The summed E-state index contributed by atoms with van der Waals surface area (Å²) in [7, 11) is 0. The van der Waals surface area contributed by atoms with Crippen molar-refractivity contribution in [3.05, 3.63) is 23.2 Å². The van der Waals surface area contributed by atoms with Crippen LogP contribution in [0.1, 0.15) is 26.8 Å². The topological polar surface area (TPSA) is 133 Å². The molecule has 0 aliphatic carbocycles. The molecule has 0 amide bonds. The molecule has 0 aliphatic heterocycles. The molecule has 3 aromatic rings. The molecule has 0 radical (unpaired) electrons. The van der Waals surface area contributed by atoms with Gasteiger partial charge in [0.15, 0.2) is 17.0 Å². The number of nitrogens with zero attached hydrogens (tertiary/aromatic N) is 5. The highest BCUT2D eigenvalue weighted by Gasteiger charge is 2.17. The van der Waals surface area contributed by atoms with Crippen LogP contribution < -0.4 is 22.1 Å². The molecule has 26 heavy (non-hydrogen) atoms. The van der Waals surface area contributed by atoms with Gasteiger partial charge in [0.25, 0.3) is 0 Å². The third-order valence-corrected chi connectivity index (χ3v) is 3.99. The Balaban J connectivity index is 2.04. The van der Waals surface area contributed by atoms with Gasteiger partial charge >= 0.3 is 0 Å². The molecule has 0 saturated carbocycles. The van der Waals surface area contributed by atoms with E-state index in [1.54, 1.807) is 16.8 Å². The van der Waals surface area contributed by atoms with Gasteiger partial charge in [-0.15, -0.1) is 5.10 Å². The van der Waals surface area contributed by atoms with E-state index < -0.39 is 0 Å². The predicted octanol–water partition coefficient (Wildman–Crippen LogP) is 2.54. The molecule has 3 rings (SSSR count). The van der Waals surface area contributed by atoms with E-state index >= 15 is 0 Å². The Morgan fingerprint density at radius 1 is 1.23 bits per heavy atom. The van der Waals surface area contributed by atoms with Crippen molar-refractivity contribution in [1.29, 1.82) is 0 Å². The van der Waals surface area contributed by atoms with Crippen molar-refractivity contribution in [2.24, 2.45) is 5.73 Å². The second-order valence-corrected chi connectivity index (χ2v) is 6.82. The van der Waals surface area contributed by atoms with Crippen LogP contribution in [-0.2, 0) is 0 Å². The summed E-state index contributed by atoms with van der Waals surface area (Å²) in [5, 5.41) is 15.2. The largest absolute Gasteiger partial charge is 0.398 e. The number of anilines is 4. The van der Waals surface area contributed by atoms with Gasteiger partial charge in [-0.1, -0.05) is 16.8 Å². The van der Waals surface area contributed by atoms with Gasteiger partial charge in [0.2, 0.25) is 5.95 Å². The normalized spacial score (nSPS) is 12.5. The average molecular weight is 376 g/mol. The SMILES string of the molecule is CC(N)CNc1nc(Nc2ccc(N)c(Cl)c2)c2nnn(C(C)C)c2n1. The van der Waals surface area contributed by atoms with Crippen molar-refractivity contribution in [2.45, 2.75) is 32.9 Å². The van der Waals surface area contributed by atoms with E-state index in [-0.39, 0.29) is 12.1 Å². The summed E-state index contributed by atoms with van der Waals surface area (Å²) in [4.78, 5) is 9.05. The van der Waals surface area contributed by atoms with Gasteiger partial charge < -0.3 is 22.1 Å². The Hall–Kier alpha value is -2.65. The Morgan fingerprint density at radius 2 is 2.00 bits per heavy atom. The summed E-state index contributed by atoms with van der Waals surface area (Å²) in [6, 6.07) is 5.34. The molecule has 2 heterocycles.